The van der Waals surface area contributed by atoms with Gasteiger partial charge in [0.05, 0.1) is 0 Å². The summed E-state index contributed by atoms with van der Waals surface area (Å²) in [4.78, 5) is 4.06. The van der Waals surface area contributed by atoms with E-state index in [9.17, 15) is 0 Å². The fraction of sp³-hybridized carbons (Fsp3) is 0.500. The van der Waals surface area contributed by atoms with Gasteiger partial charge in [0.2, 0.25) is 0 Å². The van der Waals surface area contributed by atoms with Crippen molar-refractivity contribution in [2.45, 2.75) is 19.3 Å². The van der Waals surface area contributed by atoms with E-state index >= 15 is 0 Å². The Kier molecular flexibility index (Phi) is 1.35. The molecular formula is C6H8N2OS. The second-order valence-electron chi connectivity index (χ2n) is 2.24. The number of hydrogen-bond donors (Lipinski definition) is 1. The van der Waals surface area contributed by atoms with Crippen LogP contribution in [-0.4, -0.2) is 17.3 Å². The van der Waals surface area contributed by atoms with Crippen LogP contribution in [0.15, 0.2) is 11.6 Å². The third-order valence-corrected chi connectivity index (χ3v) is 2.11. The zero-order chi connectivity index (χ0) is 6.97. The molecule has 1 fully saturated rings. The first kappa shape index (κ1) is 6.12. The Balaban J connectivity index is 1.93. The monoisotopic (exact) mass is 156 g/mol. The second kappa shape index (κ2) is 2.21. The van der Waals surface area contributed by atoms with Gasteiger partial charge in [0.25, 0.3) is 0 Å². The molecule has 3 nitrogen and oxygen atoms in total. The van der Waals surface area contributed by atoms with E-state index in [1.165, 1.54) is 0 Å². The van der Waals surface area contributed by atoms with E-state index < -0.39 is 0 Å². The lowest BCUT2D eigenvalue weighted by molar-refractivity contribution is 0.392. The van der Waals surface area contributed by atoms with E-state index in [2.05, 4.69) is 10.3 Å². The first-order valence-corrected chi connectivity index (χ1v) is 4.06. The summed E-state index contributed by atoms with van der Waals surface area (Å²) in [7, 11) is 0. The van der Waals surface area contributed by atoms with Crippen molar-refractivity contribution in [3.8, 4) is 0 Å². The minimum atomic E-state index is 0.200. The number of nitrogens with zero attached hydrogens (tertiary/aromatic N) is 1. The van der Waals surface area contributed by atoms with Gasteiger partial charge >= 0.3 is 0 Å². The summed E-state index contributed by atoms with van der Waals surface area (Å²) < 4.78 is 5.15. The van der Waals surface area contributed by atoms with Crippen molar-refractivity contribution in [1.29, 1.82) is 0 Å². The van der Waals surface area contributed by atoms with Crippen LogP contribution in [0.4, 0.5) is 5.13 Å². The van der Waals surface area contributed by atoms with E-state index in [4.69, 9.17) is 4.74 Å². The highest BCUT2D eigenvalue weighted by Gasteiger charge is 2.34. The van der Waals surface area contributed by atoms with Gasteiger partial charge in [0.15, 0.2) is 11.4 Å². The first-order valence-electron chi connectivity index (χ1n) is 3.18. The third-order valence-electron chi connectivity index (χ3n) is 1.41. The second-order valence-corrected chi connectivity index (χ2v) is 3.14. The van der Waals surface area contributed by atoms with Crippen molar-refractivity contribution in [2.24, 2.45) is 0 Å². The summed E-state index contributed by atoms with van der Waals surface area (Å²) in [6.07, 6.45) is 2.33. The third kappa shape index (κ3) is 1.12. The lowest BCUT2D eigenvalue weighted by Gasteiger charge is -1.92. The van der Waals surface area contributed by atoms with Crippen LogP contribution in [0.3, 0.4) is 0 Å². The largest absolute Gasteiger partial charge is 0.348 e. The average Bonchev–Trinajstić information content (AvgIpc) is 2.48. The van der Waals surface area contributed by atoms with Gasteiger partial charge in [-0.25, -0.2) is 4.98 Å². The molecule has 0 spiro atoms. The van der Waals surface area contributed by atoms with E-state index in [0.29, 0.717) is 6.10 Å². The number of thiazole rings is 1. The van der Waals surface area contributed by atoms with Crippen LogP contribution >= 0.6 is 11.3 Å². The highest BCUT2D eigenvalue weighted by Crippen LogP contribution is 2.24. The Hall–Kier alpha value is -0.610. The molecular weight excluding hydrogens is 148 g/mol. The van der Waals surface area contributed by atoms with Crippen LogP contribution in [0.25, 0.3) is 0 Å². The Bertz CT molecular complexity index is 212. The van der Waals surface area contributed by atoms with Gasteiger partial charge in [-0.05, 0) is 6.92 Å². The summed E-state index contributed by atoms with van der Waals surface area (Å²) in [5.74, 6) is 0. The van der Waals surface area contributed by atoms with Crippen molar-refractivity contribution in [3.05, 3.63) is 11.6 Å². The van der Waals surface area contributed by atoms with Crippen molar-refractivity contribution in [2.75, 3.05) is 5.32 Å². The summed E-state index contributed by atoms with van der Waals surface area (Å²) >= 11 is 1.59. The zero-order valence-electron chi connectivity index (χ0n) is 5.57. The number of hydrogen-bond acceptors (Lipinski definition) is 4. The minimum absolute atomic E-state index is 0.200. The zero-order valence-corrected chi connectivity index (χ0v) is 6.39. The fourth-order valence-corrected chi connectivity index (χ4v) is 1.31. The average molecular weight is 156 g/mol. The highest BCUT2D eigenvalue weighted by molar-refractivity contribution is 7.13. The standard InChI is InChI=1S/C6H8N2OS/c1-4-5(9-4)8-6-7-2-3-10-6/h2-5H,1H3,(H,7,8). The topological polar surface area (TPSA) is 37.5 Å². The minimum Gasteiger partial charge on any atom is -0.348 e. The number of nitrogens with one attached hydrogen (secondary N) is 1. The van der Waals surface area contributed by atoms with Crippen molar-refractivity contribution in [1.82, 2.24) is 4.98 Å². The molecule has 1 aliphatic heterocycles. The molecule has 1 saturated heterocycles. The maximum absolute atomic E-state index is 5.15. The van der Waals surface area contributed by atoms with E-state index in [0.717, 1.165) is 5.13 Å². The molecule has 1 aliphatic rings. The molecule has 0 bridgehead atoms. The molecule has 54 valence electrons. The lowest BCUT2D eigenvalue weighted by atomic mass is 10.5. The van der Waals surface area contributed by atoms with Crippen LogP contribution in [0, 0.1) is 0 Å². The van der Waals surface area contributed by atoms with Crippen LogP contribution in [0.5, 0.6) is 0 Å². The molecule has 10 heavy (non-hydrogen) atoms. The maximum atomic E-state index is 5.15. The Morgan fingerprint density at radius 3 is 3.10 bits per heavy atom. The van der Waals surface area contributed by atoms with Crippen molar-refractivity contribution < 1.29 is 4.74 Å². The molecule has 2 atom stereocenters. The molecule has 0 aliphatic carbocycles. The number of epoxide rings is 1. The van der Waals surface area contributed by atoms with Gasteiger partial charge in [-0.2, -0.15) is 0 Å². The summed E-state index contributed by atoms with van der Waals surface area (Å²) in [6.45, 7) is 2.03. The molecule has 2 heterocycles. The van der Waals surface area contributed by atoms with Crippen LogP contribution in [0.1, 0.15) is 6.92 Å². The van der Waals surface area contributed by atoms with Crippen molar-refractivity contribution >= 4 is 16.5 Å². The molecule has 2 rings (SSSR count). The lowest BCUT2D eigenvalue weighted by Crippen LogP contribution is -2.04. The number of anilines is 1. The van der Waals surface area contributed by atoms with Gasteiger partial charge < -0.3 is 10.1 Å². The molecule has 2 unspecified atom stereocenters. The van der Waals surface area contributed by atoms with Gasteiger partial charge in [-0.3, -0.25) is 0 Å². The van der Waals surface area contributed by atoms with Crippen LogP contribution in [-0.2, 0) is 4.74 Å². The Labute approximate surface area is 63.0 Å². The van der Waals surface area contributed by atoms with E-state index in [1.807, 2.05) is 12.3 Å². The molecule has 4 heteroatoms. The van der Waals surface area contributed by atoms with Gasteiger partial charge in [-0.15, -0.1) is 11.3 Å². The predicted octanol–water partition coefficient (Wildman–Crippen LogP) is 1.30. The molecule has 1 aromatic heterocycles. The number of aromatic nitrogens is 1. The van der Waals surface area contributed by atoms with Crippen molar-refractivity contribution in [3.63, 3.8) is 0 Å². The first-order chi connectivity index (χ1) is 4.86. The van der Waals surface area contributed by atoms with Crippen LogP contribution in [0.2, 0.25) is 0 Å². The smallest absolute Gasteiger partial charge is 0.184 e. The summed E-state index contributed by atoms with van der Waals surface area (Å²) in [6, 6.07) is 0. The van der Waals surface area contributed by atoms with Gasteiger partial charge in [0.1, 0.15) is 6.10 Å². The molecule has 0 amide bonds. The molecule has 0 aromatic carbocycles. The molecule has 1 aromatic rings. The number of rotatable bonds is 2. The number of ether oxygens (including phenoxy) is 1. The Morgan fingerprint density at radius 2 is 2.60 bits per heavy atom. The fourth-order valence-electron chi connectivity index (χ4n) is 0.754. The molecule has 0 saturated carbocycles. The van der Waals surface area contributed by atoms with Gasteiger partial charge in [0, 0.05) is 11.6 Å². The molecule has 1 N–H and O–H groups in total. The normalized spacial score (nSPS) is 30.1. The van der Waals surface area contributed by atoms with Gasteiger partial charge in [-0.1, -0.05) is 0 Å². The predicted molar refractivity (Wildman–Crippen MR) is 40.1 cm³/mol. The maximum Gasteiger partial charge on any atom is 0.184 e. The van der Waals surface area contributed by atoms with E-state index in [1.54, 1.807) is 17.5 Å². The summed E-state index contributed by atoms with van der Waals surface area (Å²) in [5, 5.41) is 6.01. The Morgan fingerprint density at radius 1 is 1.80 bits per heavy atom. The highest BCUT2D eigenvalue weighted by atomic mass is 32.1. The molecule has 0 radical (unpaired) electrons. The SMILES string of the molecule is CC1OC1Nc1nccs1. The van der Waals surface area contributed by atoms with Crippen LogP contribution < -0.4 is 5.32 Å². The quantitative estimate of drug-likeness (QED) is 0.656. The summed E-state index contributed by atoms with van der Waals surface area (Å²) in [5.41, 5.74) is 0. The van der Waals surface area contributed by atoms with E-state index in [-0.39, 0.29) is 6.23 Å².